The Morgan fingerprint density at radius 2 is 2.19 bits per heavy atom. The molecule has 0 bridgehead atoms. The summed E-state index contributed by atoms with van der Waals surface area (Å²) in [5, 5.41) is 10.5. The zero-order chi connectivity index (χ0) is 14.8. The standard InChI is InChI=1S/C17H22N2O2/c1-12(2)6-7-21-15-8-13-4-3-5-16(17(13)18-9-15)19-10-14(20)11-19/h3-5,8-9,12,14,20H,6-7,10-11H2,1-2H3. The highest BCUT2D eigenvalue weighted by atomic mass is 16.5. The molecule has 0 spiro atoms. The van der Waals surface area contributed by atoms with Crippen LogP contribution in [0.15, 0.2) is 30.5 Å². The first kappa shape index (κ1) is 14.1. The van der Waals surface area contributed by atoms with E-state index in [1.54, 1.807) is 6.20 Å². The number of benzene rings is 1. The molecule has 4 heteroatoms. The molecule has 0 amide bonds. The Morgan fingerprint density at radius 1 is 1.38 bits per heavy atom. The normalized spacial score (nSPS) is 15.5. The fraction of sp³-hybridized carbons (Fsp3) is 0.471. The maximum atomic E-state index is 9.46. The molecule has 0 radical (unpaired) electrons. The van der Waals surface area contributed by atoms with E-state index in [0.717, 1.165) is 35.4 Å². The first-order valence-electron chi connectivity index (χ1n) is 7.58. The van der Waals surface area contributed by atoms with E-state index in [1.165, 1.54) is 0 Å². The Morgan fingerprint density at radius 3 is 2.90 bits per heavy atom. The Balaban J connectivity index is 1.79. The Kier molecular flexibility index (Phi) is 3.97. The monoisotopic (exact) mass is 286 g/mol. The fourth-order valence-electron chi connectivity index (χ4n) is 2.52. The summed E-state index contributed by atoms with van der Waals surface area (Å²) in [5.74, 6) is 1.46. The third kappa shape index (κ3) is 3.10. The minimum absolute atomic E-state index is 0.209. The number of ether oxygens (including phenoxy) is 1. The van der Waals surface area contributed by atoms with Gasteiger partial charge in [0.15, 0.2) is 0 Å². The van der Waals surface area contributed by atoms with Crippen molar-refractivity contribution in [2.75, 3.05) is 24.6 Å². The lowest BCUT2D eigenvalue weighted by atomic mass is 10.1. The molecule has 0 saturated carbocycles. The second-order valence-electron chi connectivity index (χ2n) is 6.11. The van der Waals surface area contributed by atoms with Gasteiger partial charge < -0.3 is 14.7 Å². The van der Waals surface area contributed by atoms with Gasteiger partial charge in [0.1, 0.15) is 5.75 Å². The Bertz CT molecular complexity index is 621. The maximum Gasteiger partial charge on any atom is 0.138 e. The lowest BCUT2D eigenvalue weighted by Crippen LogP contribution is -2.50. The van der Waals surface area contributed by atoms with Crippen molar-refractivity contribution in [2.24, 2.45) is 5.92 Å². The van der Waals surface area contributed by atoms with E-state index >= 15 is 0 Å². The Labute approximate surface area is 125 Å². The van der Waals surface area contributed by atoms with Crippen molar-refractivity contribution < 1.29 is 9.84 Å². The van der Waals surface area contributed by atoms with E-state index in [2.05, 4.69) is 35.9 Å². The number of aliphatic hydroxyl groups excluding tert-OH is 1. The molecule has 1 aromatic heterocycles. The minimum Gasteiger partial charge on any atom is -0.492 e. The van der Waals surface area contributed by atoms with E-state index in [9.17, 15) is 5.11 Å². The van der Waals surface area contributed by atoms with Crippen LogP contribution in [0.4, 0.5) is 5.69 Å². The first-order chi connectivity index (χ1) is 10.1. The van der Waals surface area contributed by atoms with Crippen LogP contribution in [0.2, 0.25) is 0 Å². The summed E-state index contributed by atoms with van der Waals surface area (Å²) in [6, 6.07) is 8.18. The van der Waals surface area contributed by atoms with Gasteiger partial charge in [0, 0.05) is 18.5 Å². The summed E-state index contributed by atoms with van der Waals surface area (Å²) in [6.07, 6.45) is 2.63. The number of hydrogen-bond acceptors (Lipinski definition) is 4. The number of aliphatic hydroxyl groups is 1. The van der Waals surface area contributed by atoms with Gasteiger partial charge in [0.05, 0.1) is 30.1 Å². The number of fused-ring (bicyclic) bond motifs is 1. The van der Waals surface area contributed by atoms with Crippen molar-refractivity contribution >= 4 is 16.6 Å². The van der Waals surface area contributed by atoms with Gasteiger partial charge in [-0.25, -0.2) is 0 Å². The van der Waals surface area contributed by atoms with Gasteiger partial charge in [-0.15, -0.1) is 0 Å². The molecule has 0 atom stereocenters. The number of β-amino-alcohol motifs (C(OH)–C–C–N with tert-alkyl or cyclic N) is 1. The largest absolute Gasteiger partial charge is 0.492 e. The van der Waals surface area contributed by atoms with Gasteiger partial charge in [-0.05, 0) is 24.5 Å². The molecular weight excluding hydrogens is 264 g/mol. The first-order valence-corrected chi connectivity index (χ1v) is 7.58. The Hall–Kier alpha value is -1.81. The smallest absolute Gasteiger partial charge is 0.138 e. The van der Waals surface area contributed by atoms with E-state index in [4.69, 9.17) is 4.74 Å². The average molecular weight is 286 g/mol. The van der Waals surface area contributed by atoms with Crippen molar-refractivity contribution in [3.05, 3.63) is 30.5 Å². The summed E-state index contributed by atoms with van der Waals surface area (Å²) in [5.41, 5.74) is 2.06. The molecule has 1 N–H and O–H groups in total. The number of para-hydroxylation sites is 1. The zero-order valence-electron chi connectivity index (χ0n) is 12.6. The van der Waals surface area contributed by atoms with E-state index < -0.39 is 0 Å². The molecule has 1 saturated heterocycles. The zero-order valence-corrected chi connectivity index (χ0v) is 12.6. The van der Waals surface area contributed by atoms with Crippen molar-refractivity contribution in [1.29, 1.82) is 0 Å². The van der Waals surface area contributed by atoms with Gasteiger partial charge in [-0.2, -0.15) is 0 Å². The van der Waals surface area contributed by atoms with Crippen molar-refractivity contribution in [3.63, 3.8) is 0 Å². The summed E-state index contributed by atoms with van der Waals surface area (Å²) in [7, 11) is 0. The molecule has 1 aliphatic rings. The van der Waals surface area contributed by atoms with E-state index in [1.807, 2.05) is 12.1 Å². The highest BCUT2D eigenvalue weighted by Crippen LogP contribution is 2.30. The molecule has 1 fully saturated rings. The van der Waals surface area contributed by atoms with Crippen LogP contribution in [-0.2, 0) is 0 Å². The third-order valence-corrected chi connectivity index (χ3v) is 3.83. The molecule has 2 heterocycles. The number of aromatic nitrogens is 1. The van der Waals surface area contributed by atoms with Gasteiger partial charge in [-0.1, -0.05) is 26.0 Å². The summed E-state index contributed by atoms with van der Waals surface area (Å²) in [4.78, 5) is 6.71. The molecule has 4 nitrogen and oxygen atoms in total. The van der Waals surface area contributed by atoms with Crippen molar-refractivity contribution in [1.82, 2.24) is 4.98 Å². The summed E-state index contributed by atoms with van der Waals surface area (Å²) in [6.45, 7) is 6.48. The number of anilines is 1. The molecule has 112 valence electrons. The lowest BCUT2D eigenvalue weighted by Gasteiger charge is -2.38. The summed E-state index contributed by atoms with van der Waals surface area (Å²) < 4.78 is 5.77. The number of hydrogen-bond donors (Lipinski definition) is 1. The minimum atomic E-state index is -0.209. The van der Waals surface area contributed by atoms with Crippen molar-refractivity contribution in [2.45, 2.75) is 26.4 Å². The van der Waals surface area contributed by atoms with E-state index in [0.29, 0.717) is 19.0 Å². The summed E-state index contributed by atoms with van der Waals surface area (Å²) >= 11 is 0. The van der Waals surface area contributed by atoms with Crippen LogP contribution < -0.4 is 9.64 Å². The highest BCUT2D eigenvalue weighted by molar-refractivity contribution is 5.91. The van der Waals surface area contributed by atoms with Crippen LogP contribution in [0.25, 0.3) is 10.9 Å². The van der Waals surface area contributed by atoms with Crippen LogP contribution in [-0.4, -0.2) is 35.9 Å². The predicted octanol–water partition coefficient (Wildman–Crippen LogP) is 2.84. The molecule has 21 heavy (non-hydrogen) atoms. The molecular formula is C17H22N2O2. The van der Waals surface area contributed by atoms with Crippen LogP contribution in [0.1, 0.15) is 20.3 Å². The van der Waals surface area contributed by atoms with Crippen LogP contribution in [0.3, 0.4) is 0 Å². The van der Waals surface area contributed by atoms with Gasteiger partial charge in [-0.3, -0.25) is 4.98 Å². The number of nitrogens with zero attached hydrogens (tertiary/aromatic N) is 2. The SMILES string of the molecule is CC(C)CCOc1cnc2c(N3CC(O)C3)cccc2c1. The molecule has 2 aromatic rings. The average Bonchev–Trinajstić information content (AvgIpc) is 2.43. The van der Waals surface area contributed by atoms with Crippen LogP contribution in [0.5, 0.6) is 5.75 Å². The topological polar surface area (TPSA) is 45.6 Å². The fourth-order valence-corrected chi connectivity index (χ4v) is 2.52. The van der Waals surface area contributed by atoms with E-state index in [-0.39, 0.29) is 6.10 Å². The highest BCUT2D eigenvalue weighted by Gasteiger charge is 2.26. The van der Waals surface area contributed by atoms with Gasteiger partial charge in [0.2, 0.25) is 0 Å². The van der Waals surface area contributed by atoms with Crippen molar-refractivity contribution in [3.8, 4) is 5.75 Å². The van der Waals surface area contributed by atoms with Crippen LogP contribution in [0, 0.1) is 5.92 Å². The third-order valence-electron chi connectivity index (χ3n) is 3.83. The quantitative estimate of drug-likeness (QED) is 0.918. The maximum absolute atomic E-state index is 9.46. The second kappa shape index (κ2) is 5.90. The van der Waals surface area contributed by atoms with Crippen LogP contribution >= 0.6 is 0 Å². The molecule has 1 aromatic carbocycles. The van der Waals surface area contributed by atoms with Gasteiger partial charge >= 0.3 is 0 Å². The number of rotatable bonds is 5. The molecule has 1 aliphatic heterocycles. The molecule has 0 unspecified atom stereocenters. The predicted molar refractivity (Wildman–Crippen MR) is 84.9 cm³/mol. The number of pyridine rings is 1. The lowest BCUT2D eigenvalue weighted by molar-refractivity contribution is 0.142. The molecule has 0 aliphatic carbocycles. The second-order valence-corrected chi connectivity index (χ2v) is 6.11. The van der Waals surface area contributed by atoms with Gasteiger partial charge in [0.25, 0.3) is 0 Å². The molecule has 3 rings (SSSR count).